The van der Waals surface area contributed by atoms with Gasteiger partial charge >= 0.3 is 0 Å². The van der Waals surface area contributed by atoms with E-state index in [1.165, 1.54) is 13.0 Å². The van der Waals surface area contributed by atoms with Gasteiger partial charge in [0.05, 0.1) is 0 Å². The lowest BCUT2D eigenvalue weighted by molar-refractivity contribution is 0.409. The monoisotopic (exact) mass is 177 g/mol. The molecule has 1 aliphatic heterocycles. The molecule has 3 nitrogen and oxygen atoms in total. The molecule has 1 atom stereocenters. The molecule has 0 radical (unpaired) electrons. The summed E-state index contributed by atoms with van der Waals surface area (Å²) in [6.07, 6.45) is 3.05. The largest absolute Gasteiger partial charge is 0.306 e. The molecule has 2 heterocycles. The van der Waals surface area contributed by atoms with Crippen molar-refractivity contribution in [2.45, 2.75) is 19.3 Å². The molecule has 1 aromatic rings. The van der Waals surface area contributed by atoms with Crippen LogP contribution in [0, 0.1) is 6.92 Å². The van der Waals surface area contributed by atoms with Crippen LogP contribution in [0.5, 0.6) is 0 Å². The van der Waals surface area contributed by atoms with Gasteiger partial charge < -0.3 is 4.90 Å². The second-order valence-electron chi connectivity index (χ2n) is 3.80. The molecular weight excluding hydrogens is 162 g/mol. The van der Waals surface area contributed by atoms with Crippen molar-refractivity contribution in [2.75, 3.05) is 20.1 Å². The van der Waals surface area contributed by atoms with Gasteiger partial charge in [0.1, 0.15) is 5.82 Å². The molecule has 1 unspecified atom stereocenters. The van der Waals surface area contributed by atoms with Gasteiger partial charge in [-0.15, -0.1) is 0 Å². The lowest BCUT2D eigenvalue weighted by Gasteiger charge is -2.08. The Balaban J connectivity index is 2.16. The van der Waals surface area contributed by atoms with Gasteiger partial charge in [0.15, 0.2) is 0 Å². The molecule has 1 aromatic heterocycles. The highest BCUT2D eigenvalue weighted by Crippen LogP contribution is 2.22. The fourth-order valence-electron chi connectivity index (χ4n) is 1.81. The van der Waals surface area contributed by atoms with Crippen LogP contribution in [0.3, 0.4) is 0 Å². The van der Waals surface area contributed by atoms with E-state index in [0.29, 0.717) is 5.92 Å². The number of hydrogen-bond acceptors (Lipinski definition) is 3. The van der Waals surface area contributed by atoms with E-state index in [0.717, 1.165) is 18.1 Å². The molecule has 13 heavy (non-hydrogen) atoms. The summed E-state index contributed by atoms with van der Waals surface area (Å²) in [6, 6.07) is 1.95. The SMILES string of the molecule is Cc1ccnc(C2CCN(C)C2)n1. The van der Waals surface area contributed by atoms with Crippen LogP contribution in [0.25, 0.3) is 0 Å². The molecule has 3 heteroatoms. The fraction of sp³-hybridized carbons (Fsp3) is 0.600. The molecule has 0 aromatic carbocycles. The normalized spacial score (nSPS) is 23.7. The van der Waals surface area contributed by atoms with Gasteiger partial charge in [-0.2, -0.15) is 0 Å². The van der Waals surface area contributed by atoms with Crippen molar-refractivity contribution in [2.24, 2.45) is 0 Å². The number of hydrogen-bond donors (Lipinski definition) is 0. The standard InChI is InChI=1S/C10H15N3/c1-8-3-5-11-10(12-8)9-4-6-13(2)7-9/h3,5,9H,4,6-7H2,1-2H3. The van der Waals surface area contributed by atoms with E-state index in [1.807, 2.05) is 19.2 Å². The Bertz CT molecular complexity index is 298. The third-order valence-corrected chi connectivity index (χ3v) is 2.57. The zero-order valence-corrected chi connectivity index (χ0v) is 8.20. The summed E-state index contributed by atoms with van der Waals surface area (Å²) in [7, 11) is 2.15. The summed E-state index contributed by atoms with van der Waals surface area (Å²) < 4.78 is 0. The van der Waals surface area contributed by atoms with E-state index in [9.17, 15) is 0 Å². The van der Waals surface area contributed by atoms with Gasteiger partial charge in [0.25, 0.3) is 0 Å². The minimum Gasteiger partial charge on any atom is -0.306 e. The minimum atomic E-state index is 0.546. The Hall–Kier alpha value is -0.960. The number of rotatable bonds is 1. The predicted molar refractivity (Wildman–Crippen MR) is 51.6 cm³/mol. The Morgan fingerprint density at radius 2 is 2.38 bits per heavy atom. The van der Waals surface area contributed by atoms with Gasteiger partial charge in [-0.1, -0.05) is 0 Å². The number of nitrogens with zero attached hydrogens (tertiary/aromatic N) is 3. The number of likely N-dealkylation sites (N-methyl/N-ethyl adjacent to an activating group) is 1. The van der Waals surface area contributed by atoms with E-state index in [-0.39, 0.29) is 0 Å². The third-order valence-electron chi connectivity index (χ3n) is 2.57. The summed E-state index contributed by atoms with van der Waals surface area (Å²) in [5.74, 6) is 1.56. The Kier molecular flexibility index (Phi) is 2.27. The predicted octanol–water partition coefficient (Wildman–Crippen LogP) is 1.20. The van der Waals surface area contributed by atoms with Crippen LogP contribution in [-0.2, 0) is 0 Å². The van der Waals surface area contributed by atoms with Crippen molar-refractivity contribution in [3.63, 3.8) is 0 Å². The maximum absolute atomic E-state index is 4.45. The molecule has 0 spiro atoms. The molecular formula is C10H15N3. The van der Waals surface area contributed by atoms with Crippen LogP contribution in [0.4, 0.5) is 0 Å². The highest BCUT2D eigenvalue weighted by atomic mass is 15.1. The Morgan fingerprint density at radius 1 is 1.54 bits per heavy atom. The molecule has 1 aliphatic rings. The summed E-state index contributed by atoms with van der Waals surface area (Å²) in [6.45, 7) is 4.29. The fourth-order valence-corrected chi connectivity index (χ4v) is 1.81. The zero-order valence-electron chi connectivity index (χ0n) is 8.20. The van der Waals surface area contributed by atoms with Crippen LogP contribution in [0.15, 0.2) is 12.3 Å². The first kappa shape index (κ1) is 8.63. The average Bonchev–Trinajstić information content (AvgIpc) is 2.52. The average molecular weight is 177 g/mol. The summed E-state index contributed by atoms with van der Waals surface area (Å²) in [5, 5.41) is 0. The van der Waals surface area contributed by atoms with Gasteiger partial charge in [-0.05, 0) is 33.0 Å². The first-order valence-corrected chi connectivity index (χ1v) is 4.74. The van der Waals surface area contributed by atoms with Gasteiger partial charge in [0, 0.05) is 24.4 Å². The number of aryl methyl sites for hydroxylation is 1. The zero-order chi connectivity index (χ0) is 9.26. The first-order valence-electron chi connectivity index (χ1n) is 4.74. The molecule has 0 saturated carbocycles. The first-order chi connectivity index (χ1) is 6.25. The molecule has 0 aliphatic carbocycles. The highest BCUT2D eigenvalue weighted by Gasteiger charge is 2.22. The molecule has 1 fully saturated rings. The highest BCUT2D eigenvalue weighted by molar-refractivity contribution is 5.06. The van der Waals surface area contributed by atoms with E-state index in [1.54, 1.807) is 0 Å². The Labute approximate surface area is 78.8 Å². The van der Waals surface area contributed by atoms with Crippen LogP contribution >= 0.6 is 0 Å². The second-order valence-corrected chi connectivity index (χ2v) is 3.80. The maximum atomic E-state index is 4.45. The van der Waals surface area contributed by atoms with Crippen molar-refractivity contribution in [3.05, 3.63) is 23.8 Å². The third kappa shape index (κ3) is 1.86. The lowest BCUT2D eigenvalue weighted by Crippen LogP contribution is -2.14. The molecule has 70 valence electrons. The van der Waals surface area contributed by atoms with Gasteiger partial charge in [0.2, 0.25) is 0 Å². The summed E-state index contributed by atoms with van der Waals surface area (Å²) in [4.78, 5) is 11.1. The van der Waals surface area contributed by atoms with E-state index in [2.05, 4.69) is 21.9 Å². The van der Waals surface area contributed by atoms with Gasteiger partial charge in [-0.3, -0.25) is 0 Å². The quantitative estimate of drug-likeness (QED) is 0.645. The van der Waals surface area contributed by atoms with Crippen LogP contribution in [0.2, 0.25) is 0 Å². The number of likely N-dealkylation sites (tertiary alicyclic amines) is 1. The number of aromatic nitrogens is 2. The van der Waals surface area contributed by atoms with Crippen molar-refractivity contribution in [1.82, 2.24) is 14.9 Å². The van der Waals surface area contributed by atoms with Crippen molar-refractivity contribution in [1.29, 1.82) is 0 Å². The molecule has 0 N–H and O–H groups in total. The van der Waals surface area contributed by atoms with Crippen LogP contribution < -0.4 is 0 Å². The smallest absolute Gasteiger partial charge is 0.132 e. The van der Waals surface area contributed by atoms with Crippen molar-refractivity contribution in [3.8, 4) is 0 Å². The molecule has 1 saturated heterocycles. The summed E-state index contributed by atoms with van der Waals surface area (Å²) in [5.41, 5.74) is 1.07. The minimum absolute atomic E-state index is 0.546. The lowest BCUT2D eigenvalue weighted by atomic mass is 10.1. The topological polar surface area (TPSA) is 29.0 Å². The van der Waals surface area contributed by atoms with Crippen LogP contribution in [0.1, 0.15) is 23.9 Å². The maximum Gasteiger partial charge on any atom is 0.132 e. The van der Waals surface area contributed by atoms with E-state index >= 15 is 0 Å². The van der Waals surface area contributed by atoms with E-state index in [4.69, 9.17) is 0 Å². The van der Waals surface area contributed by atoms with Crippen molar-refractivity contribution < 1.29 is 0 Å². The Morgan fingerprint density at radius 3 is 3.00 bits per heavy atom. The second kappa shape index (κ2) is 3.42. The molecule has 2 rings (SSSR count). The summed E-state index contributed by atoms with van der Waals surface area (Å²) >= 11 is 0. The van der Waals surface area contributed by atoms with Crippen LogP contribution in [-0.4, -0.2) is 35.0 Å². The molecule has 0 amide bonds. The van der Waals surface area contributed by atoms with Gasteiger partial charge in [-0.25, -0.2) is 9.97 Å². The molecule has 0 bridgehead atoms. The van der Waals surface area contributed by atoms with E-state index < -0.39 is 0 Å². The van der Waals surface area contributed by atoms with Crippen molar-refractivity contribution >= 4 is 0 Å².